The number of nitriles is 1. The Morgan fingerprint density at radius 2 is 2.21 bits per heavy atom. The molecule has 9 heteroatoms. The first kappa shape index (κ1) is 14.6. The summed E-state index contributed by atoms with van der Waals surface area (Å²) in [7, 11) is 0. The predicted molar refractivity (Wildman–Crippen MR) is 56.0 cm³/mol. The third-order valence-corrected chi connectivity index (χ3v) is 1.85. The topological polar surface area (TPSA) is 98.2 Å². The van der Waals surface area contributed by atoms with Crippen molar-refractivity contribution in [2.45, 2.75) is 13.3 Å². The van der Waals surface area contributed by atoms with E-state index in [4.69, 9.17) is 11.0 Å². The molecule has 0 saturated carbocycles. The largest absolute Gasteiger partial charge is 0.574 e. The highest BCUT2D eigenvalue weighted by molar-refractivity contribution is 5.96. The van der Waals surface area contributed by atoms with Crippen LogP contribution in [0.3, 0.4) is 0 Å². The van der Waals surface area contributed by atoms with E-state index in [1.165, 1.54) is 13.0 Å². The molecule has 0 unspecified atom stereocenters. The molecular formula is C10H8F3N3O3. The molecule has 0 aliphatic carbocycles. The Hall–Kier alpha value is -2.50. The van der Waals surface area contributed by atoms with E-state index < -0.39 is 35.2 Å². The van der Waals surface area contributed by atoms with Crippen LogP contribution in [0.15, 0.2) is 6.07 Å². The number of ether oxygens (including phenoxy) is 2. The fourth-order valence-electron chi connectivity index (χ4n) is 1.15. The number of aromatic nitrogens is 1. The molecule has 19 heavy (non-hydrogen) atoms. The van der Waals surface area contributed by atoms with Crippen LogP contribution in [-0.4, -0.2) is 23.9 Å². The number of esters is 1. The Balaban J connectivity index is 3.29. The van der Waals surface area contributed by atoms with Crippen molar-refractivity contribution in [2.75, 3.05) is 12.3 Å². The van der Waals surface area contributed by atoms with Crippen molar-refractivity contribution in [2.24, 2.45) is 0 Å². The lowest BCUT2D eigenvalue weighted by Gasteiger charge is -2.12. The molecule has 1 heterocycles. The molecule has 2 N–H and O–H groups in total. The summed E-state index contributed by atoms with van der Waals surface area (Å²) in [5, 5.41) is 8.65. The van der Waals surface area contributed by atoms with E-state index in [2.05, 4.69) is 14.5 Å². The summed E-state index contributed by atoms with van der Waals surface area (Å²) in [6, 6.07) is 2.42. The molecule has 1 aromatic heterocycles. The molecule has 0 atom stereocenters. The van der Waals surface area contributed by atoms with Crippen LogP contribution in [-0.2, 0) is 4.74 Å². The molecule has 1 aromatic rings. The highest BCUT2D eigenvalue weighted by Crippen LogP contribution is 2.29. The molecule has 1 rings (SSSR count). The summed E-state index contributed by atoms with van der Waals surface area (Å²) in [6.07, 6.45) is -5.04. The van der Waals surface area contributed by atoms with E-state index in [-0.39, 0.29) is 6.61 Å². The molecule has 0 bridgehead atoms. The molecule has 0 fully saturated rings. The lowest BCUT2D eigenvalue weighted by Crippen LogP contribution is -2.20. The first-order valence-corrected chi connectivity index (χ1v) is 4.92. The molecule has 0 aliphatic heterocycles. The monoisotopic (exact) mass is 275 g/mol. The fourth-order valence-corrected chi connectivity index (χ4v) is 1.15. The molecule has 102 valence electrons. The number of alkyl halides is 3. The maximum Gasteiger partial charge on any atom is 0.574 e. The maximum absolute atomic E-state index is 12.1. The Labute approximate surface area is 105 Å². The number of pyridine rings is 1. The van der Waals surface area contributed by atoms with Gasteiger partial charge in [0, 0.05) is 0 Å². The van der Waals surface area contributed by atoms with Crippen molar-refractivity contribution in [3.63, 3.8) is 0 Å². The van der Waals surface area contributed by atoms with Crippen LogP contribution in [0.1, 0.15) is 23.0 Å². The van der Waals surface area contributed by atoms with Crippen molar-refractivity contribution in [3.05, 3.63) is 17.3 Å². The van der Waals surface area contributed by atoms with Gasteiger partial charge in [0.25, 0.3) is 0 Å². The van der Waals surface area contributed by atoms with Crippen molar-refractivity contribution >= 4 is 11.7 Å². The number of nitrogens with zero attached hydrogens (tertiary/aromatic N) is 2. The fraction of sp³-hybridized carbons (Fsp3) is 0.300. The number of anilines is 1. The Bertz CT molecular complexity index is 537. The van der Waals surface area contributed by atoms with Gasteiger partial charge < -0.3 is 15.2 Å². The second-order valence-corrected chi connectivity index (χ2v) is 3.15. The van der Waals surface area contributed by atoms with Gasteiger partial charge in [-0.15, -0.1) is 13.2 Å². The van der Waals surface area contributed by atoms with E-state index in [1.54, 1.807) is 0 Å². The van der Waals surface area contributed by atoms with Crippen molar-refractivity contribution in [1.29, 1.82) is 5.26 Å². The maximum atomic E-state index is 12.1. The van der Waals surface area contributed by atoms with Gasteiger partial charge in [-0.3, -0.25) is 0 Å². The SMILES string of the molecule is CCOC(=O)c1cc(C#N)nc(OC(F)(F)F)c1N. The number of nitrogens with two attached hydrogens (primary N) is 1. The first-order valence-electron chi connectivity index (χ1n) is 4.92. The highest BCUT2D eigenvalue weighted by Gasteiger charge is 2.34. The van der Waals surface area contributed by atoms with Gasteiger partial charge in [0.05, 0.1) is 12.2 Å². The zero-order valence-corrected chi connectivity index (χ0v) is 9.61. The van der Waals surface area contributed by atoms with Crippen LogP contribution in [0.25, 0.3) is 0 Å². The summed E-state index contributed by atoms with van der Waals surface area (Å²) in [4.78, 5) is 14.7. The van der Waals surface area contributed by atoms with Gasteiger partial charge in [0.2, 0.25) is 5.88 Å². The number of carbonyl (C=O) groups is 1. The van der Waals surface area contributed by atoms with Crippen LogP contribution in [0, 0.1) is 11.3 Å². The van der Waals surface area contributed by atoms with Crippen LogP contribution >= 0.6 is 0 Å². The zero-order chi connectivity index (χ0) is 14.6. The normalized spacial score (nSPS) is 10.7. The van der Waals surface area contributed by atoms with Crippen LogP contribution in [0.2, 0.25) is 0 Å². The van der Waals surface area contributed by atoms with Gasteiger partial charge in [-0.25, -0.2) is 9.78 Å². The third kappa shape index (κ3) is 3.74. The van der Waals surface area contributed by atoms with Crippen LogP contribution < -0.4 is 10.5 Å². The summed E-state index contributed by atoms with van der Waals surface area (Å²) < 4.78 is 44.5. The van der Waals surface area contributed by atoms with Crippen molar-refractivity contribution < 1.29 is 27.4 Å². The van der Waals surface area contributed by atoms with Gasteiger partial charge >= 0.3 is 12.3 Å². The second kappa shape index (κ2) is 5.43. The molecule has 0 amide bonds. The van der Waals surface area contributed by atoms with E-state index in [0.29, 0.717) is 0 Å². The summed E-state index contributed by atoms with van der Waals surface area (Å²) in [5.41, 5.74) is 3.85. The van der Waals surface area contributed by atoms with Gasteiger partial charge in [0.15, 0.2) is 0 Å². The van der Waals surface area contributed by atoms with Crippen LogP contribution in [0.5, 0.6) is 5.88 Å². The van der Waals surface area contributed by atoms with E-state index in [0.717, 1.165) is 6.07 Å². The predicted octanol–water partition coefficient (Wildman–Crippen LogP) is 1.61. The van der Waals surface area contributed by atoms with E-state index in [9.17, 15) is 18.0 Å². The zero-order valence-electron chi connectivity index (χ0n) is 9.61. The van der Waals surface area contributed by atoms with Crippen molar-refractivity contribution in [3.8, 4) is 11.9 Å². The standard InChI is InChI=1S/C10H8F3N3O3/c1-2-18-9(17)6-3-5(4-14)16-8(7(6)15)19-10(11,12)13/h3H,2,15H2,1H3. The number of halogens is 3. The molecule has 0 saturated heterocycles. The Morgan fingerprint density at radius 1 is 1.58 bits per heavy atom. The molecule has 6 nitrogen and oxygen atoms in total. The molecule has 0 aliphatic rings. The quantitative estimate of drug-likeness (QED) is 0.841. The van der Waals surface area contributed by atoms with E-state index >= 15 is 0 Å². The average Bonchev–Trinajstić information content (AvgIpc) is 2.30. The second-order valence-electron chi connectivity index (χ2n) is 3.15. The molecule has 0 radical (unpaired) electrons. The lowest BCUT2D eigenvalue weighted by molar-refractivity contribution is -0.275. The minimum atomic E-state index is -5.04. The lowest BCUT2D eigenvalue weighted by atomic mass is 10.2. The highest BCUT2D eigenvalue weighted by atomic mass is 19.4. The number of nitrogen functional groups attached to an aromatic ring is 1. The van der Waals surface area contributed by atoms with Gasteiger partial charge in [-0.1, -0.05) is 0 Å². The first-order chi connectivity index (χ1) is 8.78. The van der Waals surface area contributed by atoms with Gasteiger partial charge in [0.1, 0.15) is 17.5 Å². The summed E-state index contributed by atoms with van der Waals surface area (Å²) in [5.74, 6) is -2.03. The number of carbonyl (C=O) groups excluding carboxylic acids is 1. The summed E-state index contributed by atoms with van der Waals surface area (Å²) >= 11 is 0. The minimum Gasteiger partial charge on any atom is -0.462 e. The van der Waals surface area contributed by atoms with Crippen LogP contribution in [0.4, 0.5) is 18.9 Å². The third-order valence-electron chi connectivity index (χ3n) is 1.85. The molecule has 0 spiro atoms. The van der Waals surface area contributed by atoms with Gasteiger partial charge in [-0.2, -0.15) is 5.26 Å². The molecule has 0 aromatic carbocycles. The smallest absolute Gasteiger partial charge is 0.462 e. The van der Waals surface area contributed by atoms with Gasteiger partial charge in [-0.05, 0) is 13.0 Å². The summed E-state index contributed by atoms with van der Waals surface area (Å²) in [6.45, 7) is 1.51. The number of hydrogen-bond donors (Lipinski definition) is 1. The number of hydrogen-bond acceptors (Lipinski definition) is 6. The average molecular weight is 275 g/mol. The Morgan fingerprint density at radius 3 is 2.68 bits per heavy atom. The minimum absolute atomic E-state index is 0.00204. The number of rotatable bonds is 3. The van der Waals surface area contributed by atoms with Crippen molar-refractivity contribution in [1.82, 2.24) is 4.98 Å². The van der Waals surface area contributed by atoms with E-state index in [1.807, 2.05) is 0 Å². The Kier molecular flexibility index (Phi) is 4.16. The molecular weight excluding hydrogens is 267 g/mol.